The maximum atomic E-state index is 5.69. The highest BCUT2D eigenvalue weighted by atomic mass is 79.9. The van der Waals surface area contributed by atoms with Crippen molar-refractivity contribution in [1.82, 2.24) is 5.32 Å². The molecule has 0 saturated carbocycles. The fraction of sp³-hybridized carbons (Fsp3) is 0.667. The fourth-order valence-corrected chi connectivity index (χ4v) is 3.06. The van der Waals surface area contributed by atoms with Gasteiger partial charge in [0.25, 0.3) is 0 Å². The number of ether oxygens (including phenoxy) is 1. The lowest BCUT2D eigenvalue weighted by molar-refractivity contribution is 0.0621. The van der Waals surface area contributed by atoms with Gasteiger partial charge < -0.3 is 10.1 Å². The normalized spacial score (nSPS) is 13.4. The first kappa shape index (κ1) is 14.2. The molecule has 16 heavy (non-hydrogen) atoms. The molecular formula is C12H20BrNOS. The molecule has 0 aromatic carbocycles. The van der Waals surface area contributed by atoms with E-state index < -0.39 is 0 Å². The maximum absolute atomic E-state index is 5.69. The van der Waals surface area contributed by atoms with Gasteiger partial charge in [-0.2, -0.15) is 0 Å². The highest BCUT2D eigenvalue weighted by Crippen LogP contribution is 2.31. The Morgan fingerprint density at radius 2 is 2.19 bits per heavy atom. The molecule has 1 rings (SSSR count). The Bertz CT molecular complexity index is 305. The van der Waals surface area contributed by atoms with Gasteiger partial charge in [0, 0.05) is 4.88 Å². The minimum atomic E-state index is 0.283. The molecule has 0 aliphatic rings. The van der Waals surface area contributed by atoms with Crippen molar-refractivity contribution in [3.63, 3.8) is 0 Å². The molecule has 1 heterocycles. The summed E-state index contributed by atoms with van der Waals surface area (Å²) in [5, 5.41) is 3.46. The van der Waals surface area contributed by atoms with Gasteiger partial charge in [-0.15, -0.1) is 11.3 Å². The van der Waals surface area contributed by atoms with Crippen LogP contribution in [0.4, 0.5) is 0 Å². The monoisotopic (exact) mass is 305 g/mol. The Balaban J connectivity index is 2.68. The molecule has 0 fully saturated rings. The van der Waals surface area contributed by atoms with Gasteiger partial charge in [0.2, 0.25) is 0 Å². The molecular weight excluding hydrogens is 286 g/mol. The van der Waals surface area contributed by atoms with Crippen LogP contribution in [0.3, 0.4) is 0 Å². The highest BCUT2D eigenvalue weighted by Gasteiger charge is 2.15. The van der Waals surface area contributed by atoms with E-state index in [2.05, 4.69) is 55.0 Å². The van der Waals surface area contributed by atoms with Gasteiger partial charge in [0.15, 0.2) is 0 Å². The van der Waals surface area contributed by atoms with Crippen molar-refractivity contribution in [1.29, 1.82) is 0 Å². The van der Waals surface area contributed by atoms with Gasteiger partial charge >= 0.3 is 0 Å². The van der Waals surface area contributed by atoms with Crippen molar-refractivity contribution in [3.05, 3.63) is 20.3 Å². The molecule has 0 saturated heterocycles. The first-order valence-corrected chi connectivity index (χ1v) is 7.26. The molecule has 2 nitrogen and oxygen atoms in total. The third-order valence-corrected chi connectivity index (χ3v) is 4.52. The molecule has 0 radical (unpaired) electrons. The molecule has 92 valence electrons. The van der Waals surface area contributed by atoms with E-state index in [1.165, 1.54) is 14.2 Å². The Morgan fingerprint density at radius 1 is 1.50 bits per heavy atom. The number of rotatable bonds is 6. The van der Waals surface area contributed by atoms with Crippen LogP contribution in [-0.2, 0) is 4.74 Å². The summed E-state index contributed by atoms with van der Waals surface area (Å²) >= 11 is 5.35. The third kappa shape index (κ3) is 4.17. The SMILES string of the molecule is CCNC(COC(C)C)c1cc(C)c(Br)s1. The second-order valence-corrected chi connectivity index (χ2v) is 6.50. The van der Waals surface area contributed by atoms with Crippen LogP contribution >= 0.6 is 27.3 Å². The second-order valence-electron chi connectivity index (χ2n) is 4.10. The molecule has 1 N–H and O–H groups in total. The number of hydrogen-bond acceptors (Lipinski definition) is 3. The summed E-state index contributed by atoms with van der Waals surface area (Å²) in [5.74, 6) is 0. The molecule has 0 aliphatic carbocycles. The second kappa shape index (κ2) is 6.74. The summed E-state index contributed by atoms with van der Waals surface area (Å²) < 4.78 is 6.91. The van der Waals surface area contributed by atoms with Crippen molar-refractivity contribution in [2.75, 3.05) is 13.2 Å². The fourth-order valence-electron chi connectivity index (χ4n) is 1.43. The van der Waals surface area contributed by atoms with Gasteiger partial charge in [-0.25, -0.2) is 0 Å². The van der Waals surface area contributed by atoms with E-state index >= 15 is 0 Å². The van der Waals surface area contributed by atoms with Crippen molar-refractivity contribution in [3.8, 4) is 0 Å². The van der Waals surface area contributed by atoms with Gasteiger partial charge in [-0.1, -0.05) is 6.92 Å². The topological polar surface area (TPSA) is 21.3 Å². The zero-order chi connectivity index (χ0) is 12.1. The lowest BCUT2D eigenvalue weighted by atomic mass is 10.2. The first-order chi connectivity index (χ1) is 7.54. The zero-order valence-electron chi connectivity index (χ0n) is 10.3. The van der Waals surface area contributed by atoms with Crippen LogP contribution in [0.15, 0.2) is 9.85 Å². The van der Waals surface area contributed by atoms with Crippen molar-refractivity contribution in [2.24, 2.45) is 0 Å². The Morgan fingerprint density at radius 3 is 2.62 bits per heavy atom. The van der Waals surface area contributed by atoms with Gasteiger partial charge in [0.1, 0.15) is 0 Å². The van der Waals surface area contributed by atoms with E-state index in [9.17, 15) is 0 Å². The van der Waals surface area contributed by atoms with E-state index in [4.69, 9.17) is 4.74 Å². The Labute approximate surface area is 111 Å². The quantitative estimate of drug-likeness (QED) is 0.861. The number of hydrogen-bond donors (Lipinski definition) is 1. The lowest BCUT2D eigenvalue weighted by Crippen LogP contribution is -2.25. The summed E-state index contributed by atoms with van der Waals surface area (Å²) in [5.41, 5.74) is 1.30. The van der Waals surface area contributed by atoms with Crippen molar-refractivity contribution < 1.29 is 4.74 Å². The molecule has 1 unspecified atom stereocenters. The minimum Gasteiger partial charge on any atom is -0.377 e. The first-order valence-electron chi connectivity index (χ1n) is 5.65. The molecule has 0 amide bonds. The average molecular weight is 306 g/mol. The predicted molar refractivity (Wildman–Crippen MR) is 74.3 cm³/mol. The van der Waals surface area contributed by atoms with Gasteiger partial charge in [-0.3, -0.25) is 0 Å². The Hall–Kier alpha value is 0.1000. The molecule has 1 aromatic rings. The maximum Gasteiger partial charge on any atom is 0.0731 e. The molecule has 0 aliphatic heterocycles. The Kier molecular flexibility index (Phi) is 5.97. The van der Waals surface area contributed by atoms with Gasteiger partial charge in [-0.05, 0) is 54.9 Å². The van der Waals surface area contributed by atoms with Crippen LogP contribution in [0.25, 0.3) is 0 Å². The zero-order valence-corrected chi connectivity index (χ0v) is 12.7. The summed E-state index contributed by atoms with van der Waals surface area (Å²) in [4.78, 5) is 1.34. The van der Waals surface area contributed by atoms with Crippen molar-refractivity contribution in [2.45, 2.75) is 39.8 Å². The predicted octanol–water partition coefficient (Wildman–Crippen LogP) is 3.89. The molecule has 1 aromatic heterocycles. The largest absolute Gasteiger partial charge is 0.377 e. The number of halogens is 1. The van der Waals surface area contributed by atoms with Crippen LogP contribution in [-0.4, -0.2) is 19.3 Å². The van der Waals surface area contributed by atoms with Crippen molar-refractivity contribution >= 4 is 27.3 Å². The lowest BCUT2D eigenvalue weighted by Gasteiger charge is -2.18. The van der Waals surface area contributed by atoms with Crippen LogP contribution in [0.5, 0.6) is 0 Å². The standard InChI is InChI=1S/C12H20BrNOS/c1-5-14-10(7-15-8(2)3)11-6-9(4)12(13)16-11/h6,8,10,14H,5,7H2,1-4H3. The molecule has 0 spiro atoms. The molecule has 1 atom stereocenters. The van der Waals surface area contributed by atoms with E-state index in [1.807, 2.05) is 0 Å². The minimum absolute atomic E-state index is 0.283. The average Bonchev–Trinajstić information content (AvgIpc) is 2.53. The number of nitrogens with one attached hydrogen (secondary N) is 1. The van der Waals surface area contributed by atoms with Crippen LogP contribution in [0.2, 0.25) is 0 Å². The summed E-state index contributed by atoms with van der Waals surface area (Å²) in [6.45, 7) is 10.1. The van der Waals surface area contributed by atoms with Crippen LogP contribution in [0.1, 0.15) is 37.3 Å². The highest BCUT2D eigenvalue weighted by molar-refractivity contribution is 9.11. The number of likely N-dealkylation sites (N-methyl/N-ethyl adjacent to an activating group) is 1. The summed E-state index contributed by atoms with van der Waals surface area (Å²) in [6.07, 6.45) is 0.283. The van der Waals surface area contributed by atoms with Crippen LogP contribution < -0.4 is 5.32 Å². The summed E-state index contributed by atoms with van der Waals surface area (Å²) in [7, 11) is 0. The smallest absolute Gasteiger partial charge is 0.0731 e. The van der Waals surface area contributed by atoms with Crippen LogP contribution in [0, 0.1) is 6.92 Å². The number of thiophene rings is 1. The number of aryl methyl sites for hydroxylation is 1. The third-order valence-electron chi connectivity index (χ3n) is 2.27. The summed E-state index contributed by atoms with van der Waals surface area (Å²) in [6, 6.07) is 2.54. The molecule has 4 heteroatoms. The van der Waals surface area contributed by atoms with E-state index in [0.29, 0.717) is 6.04 Å². The van der Waals surface area contributed by atoms with Gasteiger partial charge in [0.05, 0.1) is 22.5 Å². The van der Waals surface area contributed by atoms with E-state index in [1.54, 1.807) is 11.3 Å². The van der Waals surface area contributed by atoms with E-state index in [0.717, 1.165) is 13.2 Å². The molecule has 0 bridgehead atoms. The van der Waals surface area contributed by atoms with E-state index in [-0.39, 0.29) is 6.10 Å².